The molecule has 0 saturated heterocycles. The van der Waals surface area contributed by atoms with Crippen molar-refractivity contribution in [1.29, 1.82) is 0 Å². The summed E-state index contributed by atoms with van der Waals surface area (Å²) in [5.41, 5.74) is 4.44. The van der Waals surface area contributed by atoms with Gasteiger partial charge in [-0.25, -0.2) is 4.98 Å². The number of imidazole rings is 1. The van der Waals surface area contributed by atoms with E-state index in [1.54, 1.807) is 0 Å². The van der Waals surface area contributed by atoms with Gasteiger partial charge in [0.2, 0.25) is 0 Å². The minimum absolute atomic E-state index is 0. The van der Waals surface area contributed by atoms with Crippen molar-refractivity contribution in [2.75, 3.05) is 26.2 Å². The van der Waals surface area contributed by atoms with Crippen LogP contribution in [0.2, 0.25) is 0 Å². The predicted octanol–water partition coefficient (Wildman–Crippen LogP) is 6.07. The van der Waals surface area contributed by atoms with Gasteiger partial charge in [-0.2, -0.15) is 0 Å². The van der Waals surface area contributed by atoms with E-state index in [9.17, 15) is 0 Å². The Morgan fingerprint density at radius 2 is 1.46 bits per heavy atom. The summed E-state index contributed by atoms with van der Waals surface area (Å²) in [4.78, 5) is 4.79. The van der Waals surface area contributed by atoms with E-state index in [0.29, 0.717) is 0 Å². The molecule has 0 spiro atoms. The fraction of sp³-hybridized carbons (Fsp3) is 0.500. The quantitative estimate of drug-likeness (QED) is 0.234. The number of fused-ring (bicyclic) bond motifs is 1. The Kier molecular flexibility index (Phi) is 18.5. The van der Waals surface area contributed by atoms with Crippen LogP contribution in [0, 0.1) is 0 Å². The van der Waals surface area contributed by atoms with Crippen molar-refractivity contribution >= 4 is 55.3 Å². The highest BCUT2D eigenvalue weighted by molar-refractivity contribution is 5.86. The summed E-state index contributed by atoms with van der Waals surface area (Å²) >= 11 is 0. The van der Waals surface area contributed by atoms with E-state index in [1.165, 1.54) is 50.6 Å². The lowest BCUT2D eigenvalue weighted by molar-refractivity contribution is 0.372. The van der Waals surface area contributed by atoms with Crippen LogP contribution in [0.15, 0.2) is 54.7 Å². The zero-order chi connectivity index (χ0) is 21.1. The van der Waals surface area contributed by atoms with Crippen LogP contribution in [-0.2, 0) is 6.54 Å². The van der Waals surface area contributed by atoms with E-state index in [4.69, 9.17) is 4.98 Å². The molecule has 0 unspecified atom stereocenters. The molecular weight excluding hydrogens is 524 g/mol. The molecule has 0 atom stereocenters. The molecular formula is C26H41Cl4N5. The molecule has 0 amide bonds. The molecule has 3 N–H and O–H groups in total. The molecule has 35 heavy (non-hydrogen) atoms. The molecule has 3 aromatic rings. The Labute approximate surface area is 235 Å². The maximum Gasteiger partial charge on any atom is 0.137 e. The second-order valence-electron chi connectivity index (χ2n) is 8.66. The third kappa shape index (κ3) is 10.8. The number of aromatic nitrogens is 2. The zero-order valence-corrected chi connectivity index (χ0v) is 23.6. The van der Waals surface area contributed by atoms with Crippen molar-refractivity contribution in [2.45, 2.75) is 57.5 Å². The molecule has 1 aliphatic carbocycles. The summed E-state index contributed by atoms with van der Waals surface area (Å²) in [6, 6.07) is 17.5. The van der Waals surface area contributed by atoms with E-state index >= 15 is 0 Å². The van der Waals surface area contributed by atoms with Gasteiger partial charge in [0, 0.05) is 43.1 Å². The number of benzene rings is 1. The fourth-order valence-electron chi connectivity index (χ4n) is 4.47. The molecule has 198 valence electrons. The molecule has 1 aliphatic rings. The van der Waals surface area contributed by atoms with Gasteiger partial charge in [0.1, 0.15) is 5.65 Å². The predicted molar refractivity (Wildman–Crippen MR) is 158 cm³/mol. The molecule has 1 fully saturated rings. The van der Waals surface area contributed by atoms with Crippen LogP contribution in [-0.4, -0.2) is 41.6 Å². The van der Waals surface area contributed by atoms with Crippen LogP contribution in [0.1, 0.15) is 50.6 Å². The van der Waals surface area contributed by atoms with Crippen LogP contribution in [0.25, 0.3) is 16.9 Å². The van der Waals surface area contributed by atoms with Crippen molar-refractivity contribution < 1.29 is 0 Å². The Morgan fingerprint density at radius 1 is 0.743 bits per heavy atom. The Morgan fingerprint density at radius 3 is 2.20 bits per heavy atom. The number of nitrogens with zero attached hydrogens (tertiary/aromatic N) is 2. The lowest BCUT2D eigenvalue weighted by Gasteiger charge is -2.22. The number of halogens is 4. The average molecular weight is 565 g/mol. The Balaban J connectivity index is 0.00000289. The summed E-state index contributed by atoms with van der Waals surface area (Å²) in [6.07, 6.45) is 11.5. The van der Waals surface area contributed by atoms with Crippen molar-refractivity contribution in [3.8, 4) is 11.3 Å². The van der Waals surface area contributed by atoms with E-state index < -0.39 is 0 Å². The Hall–Kier alpha value is -1.05. The molecule has 2 heterocycles. The minimum atomic E-state index is 0. The third-order valence-electron chi connectivity index (χ3n) is 6.25. The van der Waals surface area contributed by atoms with Gasteiger partial charge < -0.3 is 20.4 Å². The van der Waals surface area contributed by atoms with Crippen molar-refractivity contribution in [3.63, 3.8) is 0 Å². The number of rotatable bonds is 12. The largest absolute Gasteiger partial charge is 0.315 e. The Bertz CT molecular complexity index is 917. The first-order valence-electron chi connectivity index (χ1n) is 12.1. The number of pyridine rings is 1. The molecule has 0 bridgehead atoms. The van der Waals surface area contributed by atoms with Gasteiger partial charge in [-0.1, -0.05) is 55.7 Å². The first-order valence-corrected chi connectivity index (χ1v) is 12.1. The second kappa shape index (κ2) is 19.1. The van der Waals surface area contributed by atoms with Gasteiger partial charge in [0.15, 0.2) is 0 Å². The van der Waals surface area contributed by atoms with Gasteiger partial charge in [-0.05, 0) is 50.9 Å². The molecule has 1 saturated carbocycles. The summed E-state index contributed by atoms with van der Waals surface area (Å²) < 4.78 is 2.20. The molecule has 4 rings (SSSR count). The standard InChI is InChI=1S/C26H37N5.4ClH/c1-3-10-22(11-4-1)25-21-31-24(14-9-15-26(31)30-25)20-28-17-8-7-16-27-18-19-29-23-12-5-2-6-13-23;;;;/h1,3-4,9-11,14-15,21,23,27-29H,2,5-8,12-13,16-20H2;4*1H. The minimum Gasteiger partial charge on any atom is -0.315 e. The second-order valence-corrected chi connectivity index (χ2v) is 8.66. The van der Waals surface area contributed by atoms with Crippen LogP contribution >= 0.6 is 49.6 Å². The van der Waals surface area contributed by atoms with E-state index in [2.05, 4.69) is 69.0 Å². The van der Waals surface area contributed by atoms with Crippen LogP contribution in [0.3, 0.4) is 0 Å². The zero-order valence-electron chi connectivity index (χ0n) is 20.3. The molecule has 2 aromatic heterocycles. The molecule has 9 heteroatoms. The maximum absolute atomic E-state index is 4.79. The highest BCUT2D eigenvalue weighted by Crippen LogP contribution is 2.20. The van der Waals surface area contributed by atoms with Crippen LogP contribution in [0.4, 0.5) is 0 Å². The SMILES string of the molecule is Cl.Cl.Cl.Cl.c1ccc(-c2cn3c(CNCCCCNCCNC4CCCCC4)cccc3n2)cc1. The average Bonchev–Trinajstić information content (AvgIpc) is 3.27. The smallest absolute Gasteiger partial charge is 0.137 e. The molecule has 5 nitrogen and oxygen atoms in total. The first-order chi connectivity index (χ1) is 15.4. The maximum atomic E-state index is 4.79. The number of hydrogen-bond donors (Lipinski definition) is 3. The monoisotopic (exact) mass is 563 g/mol. The summed E-state index contributed by atoms with van der Waals surface area (Å²) in [7, 11) is 0. The van der Waals surface area contributed by atoms with Gasteiger partial charge >= 0.3 is 0 Å². The number of nitrogens with one attached hydrogen (secondary N) is 3. The van der Waals surface area contributed by atoms with Crippen LogP contribution in [0.5, 0.6) is 0 Å². The normalized spacial score (nSPS) is 13.3. The number of hydrogen-bond acceptors (Lipinski definition) is 4. The lowest BCUT2D eigenvalue weighted by Crippen LogP contribution is -2.36. The van der Waals surface area contributed by atoms with Crippen molar-refractivity contribution in [3.05, 3.63) is 60.4 Å². The highest BCUT2D eigenvalue weighted by atomic mass is 35.5. The highest BCUT2D eigenvalue weighted by Gasteiger charge is 2.11. The van der Waals surface area contributed by atoms with Gasteiger partial charge in [-0.15, -0.1) is 49.6 Å². The van der Waals surface area contributed by atoms with Gasteiger partial charge in [0.05, 0.1) is 5.69 Å². The first kappa shape index (κ1) is 34.0. The van der Waals surface area contributed by atoms with E-state index in [1.807, 2.05) is 6.07 Å². The topological polar surface area (TPSA) is 53.4 Å². The molecule has 1 aromatic carbocycles. The van der Waals surface area contributed by atoms with Gasteiger partial charge in [0.25, 0.3) is 0 Å². The van der Waals surface area contributed by atoms with Crippen molar-refractivity contribution in [1.82, 2.24) is 25.3 Å². The summed E-state index contributed by atoms with van der Waals surface area (Å²) in [5.74, 6) is 0. The summed E-state index contributed by atoms with van der Waals surface area (Å²) in [5, 5.41) is 10.9. The van der Waals surface area contributed by atoms with Crippen LogP contribution < -0.4 is 16.0 Å². The van der Waals surface area contributed by atoms with Gasteiger partial charge in [-0.3, -0.25) is 0 Å². The molecule has 0 aliphatic heterocycles. The third-order valence-corrected chi connectivity index (χ3v) is 6.25. The number of unbranched alkanes of at least 4 members (excludes halogenated alkanes) is 1. The summed E-state index contributed by atoms with van der Waals surface area (Å²) in [6.45, 7) is 5.18. The van der Waals surface area contributed by atoms with Crippen molar-refractivity contribution in [2.24, 2.45) is 0 Å². The van der Waals surface area contributed by atoms with E-state index in [0.717, 1.165) is 55.7 Å². The lowest BCUT2D eigenvalue weighted by atomic mass is 9.95. The van der Waals surface area contributed by atoms with E-state index in [-0.39, 0.29) is 49.6 Å². The molecule has 0 radical (unpaired) electrons. The fourth-order valence-corrected chi connectivity index (χ4v) is 4.47.